The van der Waals surface area contributed by atoms with Gasteiger partial charge in [0.1, 0.15) is 12.4 Å². The van der Waals surface area contributed by atoms with Crippen LogP contribution in [0.15, 0.2) is 79.1 Å². The lowest BCUT2D eigenvalue weighted by molar-refractivity contribution is -0.135. The number of amides is 1. The first-order chi connectivity index (χ1) is 14.1. The molecule has 1 amide bonds. The lowest BCUT2D eigenvalue weighted by Crippen LogP contribution is -2.43. The van der Waals surface area contributed by atoms with Crippen molar-refractivity contribution in [3.8, 4) is 5.75 Å². The number of anilines is 1. The lowest BCUT2D eigenvalue weighted by Gasteiger charge is -2.22. The first-order valence-corrected chi connectivity index (χ1v) is 9.34. The minimum Gasteiger partial charge on any atom is -0.492 e. The summed E-state index contributed by atoms with van der Waals surface area (Å²) in [6.45, 7) is 0.519. The summed E-state index contributed by atoms with van der Waals surface area (Å²) in [7, 11) is 0. The first-order valence-electron chi connectivity index (χ1n) is 9.34. The number of fused-ring (bicyclic) bond motifs is 1. The molecule has 6 heteroatoms. The summed E-state index contributed by atoms with van der Waals surface area (Å²) in [6, 6.07) is 19.6. The highest BCUT2D eigenvalue weighted by Crippen LogP contribution is 2.42. The van der Waals surface area contributed by atoms with E-state index in [2.05, 4.69) is 4.98 Å². The van der Waals surface area contributed by atoms with E-state index in [0.29, 0.717) is 22.6 Å². The van der Waals surface area contributed by atoms with Gasteiger partial charge in [-0.05, 0) is 30.3 Å². The van der Waals surface area contributed by atoms with E-state index < -0.39 is 11.5 Å². The summed E-state index contributed by atoms with van der Waals surface area (Å²) in [4.78, 5) is 31.2. The molecule has 0 fully saturated rings. The number of hydrogen-bond donors (Lipinski definition) is 1. The predicted octanol–water partition coefficient (Wildman–Crippen LogP) is 2.97. The van der Waals surface area contributed by atoms with Gasteiger partial charge in [-0.15, -0.1) is 0 Å². The fourth-order valence-electron chi connectivity index (χ4n) is 3.53. The van der Waals surface area contributed by atoms with Crippen molar-refractivity contribution < 1.29 is 19.4 Å². The molecule has 29 heavy (non-hydrogen) atoms. The van der Waals surface area contributed by atoms with Crippen molar-refractivity contribution in [2.24, 2.45) is 0 Å². The molecular weight excluding hydrogens is 368 g/mol. The van der Waals surface area contributed by atoms with Crippen LogP contribution in [-0.4, -0.2) is 34.9 Å². The van der Waals surface area contributed by atoms with Crippen molar-refractivity contribution in [1.82, 2.24) is 4.98 Å². The van der Waals surface area contributed by atoms with E-state index >= 15 is 0 Å². The van der Waals surface area contributed by atoms with Crippen molar-refractivity contribution in [1.29, 1.82) is 0 Å². The van der Waals surface area contributed by atoms with Crippen LogP contribution in [0.2, 0.25) is 0 Å². The van der Waals surface area contributed by atoms with Gasteiger partial charge in [0, 0.05) is 23.5 Å². The molecule has 0 saturated heterocycles. The van der Waals surface area contributed by atoms with Crippen molar-refractivity contribution >= 4 is 17.4 Å². The second-order valence-corrected chi connectivity index (χ2v) is 6.84. The van der Waals surface area contributed by atoms with Crippen LogP contribution < -0.4 is 9.64 Å². The second kappa shape index (κ2) is 7.85. The molecule has 1 aliphatic rings. The molecule has 0 unspecified atom stereocenters. The topological polar surface area (TPSA) is 79.7 Å². The van der Waals surface area contributed by atoms with Gasteiger partial charge in [0.15, 0.2) is 11.4 Å². The Labute approximate surface area is 168 Å². The van der Waals surface area contributed by atoms with E-state index in [-0.39, 0.29) is 25.4 Å². The van der Waals surface area contributed by atoms with Gasteiger partial charge < -0.3 is 14.7 Å². The summed E-state index contributed by atoms with van der Waals surface area (Å²) in [5.74, 6) is -0.159. The van der Waals surface area contributed by atoms with Crippen molar-refractivity contribution in [2.75, 3.05) is 18.1 Å². The summed E-state index contributed by atoms with van der Waals surface area (Å²) >= 11 is 0. The fourth-order valence-corrected chi connectivity index (χ4v) is 3.53. The van der Waals surface area contributed by atoms with Gasteiger partial charge in [0.25, 0.3) is 5.91 Å². The Hall–Kier alpha value is -3.51. The number of pyridine rings is 1. The number of rotatable bonds is 7. The molecule has 0 saturated carbocycles. The monoisotopic (exact) mass is 388 g/mol. The third-order valence-corrected chi connectivity index (χ3v) is 4.97. The van der Waals surface area contributed by atoms with Crippen LogP contribution in [0.5, 0.6) is 5.75 Å². The Balaban J connectivity index is 1.54. The minimum absolute atomic E-state index is 0.258. The number of ketones is 1. The molecule has 3 aromatic rings. The maximum Gasteiger partial charge on any atom is 0.264 e. The third-order valence-electron chi connectivity index (χ3n) is 4.97. The van der Waals surface area contributed by atoms with E-state index in [4.69, 9.17) is 4.74 Å². The molecule has 1 aromatic heterocycles. The average Bonchev–Trinajstić information content (AvgIpc) is 2.97. The molecule has 0 spiro atoms. The van der Waals surface area contributed by atoms with Crippen LogP contribution in [0, 0.1) is 0 Å². The number of ether oxygens (including phenoxy) is 1. The van der Waals surface area contributed by atoms with Crippen LogP contribution in [0.3, 0.4) is 0 Å². The summed E-state index contributed by atoms with van der Waals surface area (Å²) in [5, 5.41) is 11.3. The second-order valence-electron chi connectivity index (χ2n) is 6.84. The number of Topliss-reactive ketones (excluding diaryl/α,β-unsaturated/α-hetero) is 1. The number of aliphatic hydroxyl groups is 1. The molecule has 2 aromatic carbocycles. The minimum atomic E-state index is -1.91. The van der Waals surface area contributed by atoms with Gasteiger partial charge in [-0.1, -0.05) is 36.4 Å². The summed E-state index contributed by atoms with van der Waals surface area (Å²) in [6.07, 6.45) is 2.66. The Morgan fingerprint density at radius 3 is 2.55 bits per heavy atom. The van der Waals surface area contributed by atoms with E-state index in [9.17, 15) is 14.7 Å². The van der Waals surface area contributed by atoms with Crippen LogP contribution in [0.4, 0.5) is 5.69 Å². The maximum absolute atomic E-state index is 13.1. The molecule has 1 N–H and O–H groups in total. The lowest BCUT2D eigenvalue weighted by atomic mass is 9.88. The number of benzene rings is 2. The molecular formula is C23H20N2O4. The number of nitrogens with zero attached hydrogens (tertiary/aromatic N) is 2. The zero-order valence-electron chi connectivity index (χ0n) is 15.7. The van der Waals surface area contributed by atoms with Gasteiger partial charge in [-0.3, -0.25) is 14.6 Å². The highest BCUT2D eigenvalue weighted by atomic mass is 16.5. The van der Waals surface area contributed by atoms with E-state index in [1.54, 1.807) is 42.6 Å². The first kappa shape index (κ1) is 18.8. The van der Waals surface area contributed by atoms with Crippen LogP contribution in [0.1, 0.15) is 22.3 Å². The van der Waals surface area contributed by atoms with Gasteiger partial charge in [0.05, 0.1) is 18.7 Å². The number of carbonyl (C=O) groups excluding carboxylic acids is 2. The van der Waals surface area contributed by atoms with Gasteiger partial charge in [0.2, 0.25) is 0 Å². The standard InChI is InChI=1S/C23H20N2O4/c26-21(17-7-6-12-24-16-17)15-23(28)19-10-4-5-11-20(19)25(22(23)27)13-14-29-18-8-2-1-3-9-18/h1-12,16,28H,13-15H2/t23-/m1/s1. The molecule has 0 aliphatic carbocycles. The molecule has 6 nitrogen and oxygen atoms in total. The van der Waals surface area contributed by atoms with Crippen molar-refractivity contribution in [2.45, 2.75) is 12.0 Å². The zero-order valence-corrected chi connectivity index (χ0v) is 15.7. The van der Waals surface area contributed by atoms with Gasteiger partial charge in [-0.25, -0.2) is 0 Å². The smallest absolute Gasteiger partial charge is 0.264 e. The quantitative estimate of drug-likeness (QED) is 0.630. The van der Waals surface area contributed by atoms with E-state index in [1.165, 1.54) is 11.1 Å². The summed E-state index contributed by atoms with van der Waals surface area (Å²) in [5.41, 5.74) is -0.523. The molecule has 4 rings (SSSR count). The molecule has 0 radical (unpaired) electrons. The van der Waals surface area contributed by atoms with E-state index in [1.807, 2.05) is 30.3 Å². The molecule has 1 atom stereocenters. The zero-order chi connectivity index (χ0) is 20.3. The molecule has 1 aliphatic heterocycles. The van der Waals surface area contributed by atoms with Gasteiger partial charge >= 0.3 is 0 Å². The Bertz CT molecular complexity index is 1020. The van der Waals surface area contributed by atoms with Crippen LogP contribution >= 0.6 is 0 Å². The summed E-state index contributed by atoms with van der Waals surface area (Å²) < 4.78 is 5.70. The Morgan fingerprint density at radius 2 is 1.79 bits per heavy atom. The predicted molar refractivity (Wildman–Crippen MR) is 108 cm³/mol. The number of aromatic nitrogens is 1. The van der Waals surface area contributed by atoms with Gasteiger partial charge in [-0.2, -0.15) is 0 Å². The fraction of sp³-hybridized carbons (Fsp3) is 0.174. The number of hydrogen-bond acceptors (Lipinski definition) is 5. The molecule has 2 heterocycles. The Morgan fingerprint density at radius 1 is 1.03 bits per heavy atom. The van der Waals surface area contributed by atoms with Crippen molar-refractivity contribution in [3.05, 3.63) is 90.3 Å². The normalized spacial score (nSPS) is 17.8. The number of para-hydroxylation sites is 2. The third kappa shape index (κ3) is 3.62. The van der Waals surface area contributed by atoms with Crippen molar-refractivity contribution in [3.63, 3.8) is 0 Å². The average molecular weight is 388 g/mol. The molecule has 0 bridgehead atoms. The number of carbonyl (C=O) groups is 2. The SMILES string of the molecule is O=C(C[C@]1(O)C(=O)N(CCOc2ccccc2)c2ccccc21)c1cccnc1. The highest BCUT2D eigenvalue weighted by Gasteiger charge is 2.50. The largest absolute Gasteiger partial charge is 0.492 e. The molecule has 146 valence electrons. The Kier molecular flexibility index (Phi) is 5.10. The van der Waals surface area contributed by atoms with E-state index in [0.717, 1.165) is 0 Å². The van der Waals surface area contributed by atoms with Crippen LogP contribution in [-0.2, 0) is 10.4 Å². The maximum atomic E-state index is 13.1. The highest BCUT2D eigenvalue weighted by molar-refractivity contribution is 6.10. The van der Waals surface area contributed by atoms with Crippen LogP contribution in [0.25, 0.3) is 0 Å².